The van der Waals surface area contributed by atoms with Crippen molar-refractivity contribution in [3.63, 3.8) is 0 Å². The highest BCUT2D eigenvalue weighted by atomic mass is 16.3. The largest absolute Gasteiger partial charge is 0.508 e. The van der Waals surface area contributed by atoms with Crippen molar-refractivity contribution in [3.05, 3.63) is 29.3 Å². The Bertz CT molecular complexity index is 483. The van der Waals surface area contributed by atoms with Crippen LogP contribution in [0.1, 0.15) is 42.9 Å². The first kappa shape index (κ1) is 12.5. The van der Waals surface area contributed by atoms with E-state index in [9.17, 15) is 9.90 Å². The van der Waals surface area contributed by atoms with Gasteiger partial charge in [-0.05, 0) is 55.4 Å². The van der Waals surface area contributed by atoms with E-state index in [2.05, 4.69) is 10.6 Å². The van der Waals surface area contributed by atoms with Crippen LogP contribution in [0, 0.1) is 0 Å². The highest BCUT2D eigenvalue weighted by Gasteiger charge is 2.24. The van der Waals surface area contributed by atoms with Gasteiger partial charge in [0.2, 0.25) is 5.91 Å². The standard InChI is InChI=1S/C15H20N2O2/c18-12-7-4-10-2-1-3-14(13(10)8-12)16-9-15(19)17-11-5-6-11/h4,7-8,11,14,16,18H,1-3,5-6,9H2,(H,17,19). The molecule has 0 heterocycles. The summed E-state index contributed by atoms with van der Waals surface area (Å²) in [7, 11) is 0. The van der Waals surface area contributed by atoms with Crippen LogP contribution in [0.5, 0.6) is 5.75 Å². The second-order valence-electron chi connectivity index (χ2n) is 5.55. The van der Waals surface area contributed by atoms with E-state index in [1.165, 1.54) is 5.56 Å². The summed E-state index contributed by atoms with van der Waals surface area (Å²) in [4.78, 5) is 11.7. The Morgan fingerprint density at radius 2 is 2.16 bits per heavy atom. The van der Waals surface area contributed by atoms with Gasteiger partial charge in [0.15, 0.2) is 0 Å². The van der Waals surface area contributed by atoms with Crippen molar-refractivity contribution in [2.75, 3.05) is 6.54 Å². The molecule has 0 bridgehead atoms. The third-order valence-corrected chi connectivity index (χ3v) is 3.90. The molecule has 102 valence electrons. The number of amides is 1. The Hall–Kier alpha value is -1.55. The molecule has 19 heavy (non-hydrogen) atoms. The molecule has 1 saturated carbocycles. The van der Waals surface area contributed by atoms with Crippen molar-refractivity contribution < 1.29 is 9.90 Å². The number of benzene rings is 1. The van der Waals surface area contributed by atoms with Crippen LogP contribution in [0.4, 0.5) is 0 Å². The Kier molecular flexibility index (Phi) is 3.42. The van der Waals surface area contributed by atoms with Crippen LogP contribution in [-0.2, 0) is 11.2 Å². The van der Waals surface area contributed by atoms with E-state index in [1.807, 2.05) is 12.1 Å². The summed E-state index contributed by atoms with van der Waals surface area (Å²) in [6, 6.07) is 6.15. The van der Waals surface area contributed by atoms with E-state index in [1.54, 1.807) is 6.07 Å². The van der Waals surface area contributed by atoms with Gasteiger partial charge in [-0.1, -0.05) is 6.07 Å². The number of fused-ring (bicyclic) bond motifs is 1. The number of rotatable bonds is 4. The Balaban J connectivity index is 1.62. The van der Waals surface area contributed by atoms with Crippen molar-refractivity contribution in [2.24, 2.45) is 0 Å². The monoisotopic (exact) mass is 260 g/mol. The van der Waals surface area contributed by atoms with E-state index in [4.69, 9.17) is 0 Å². The van der Waals surface area contributed by atoms with Crippen LogP contribution in [0.15, 0.2) is 18.2 Å². The third kappa shape index (κ3) is 3.07. The minimum absolute atomic E-state index is 0.0785. The number of aromatic hydroxyl groups is 1. The van der Waals surface area contributed by atoms with Gasteiger partial charge < -0.3 is 15.7 Å². The van der Waals surface area contributed by atoms with E-state index in [0.29, 0.717) is 18.3 Å². The molecule has 4 nitrogen and oxygen atoms in total. The Morgan fingerprint density at radius 1 is 1.32 bits per heavy atom. The maximum atomic E-state index is 11.7. The maximum absolute atomic E-state index is 11.7. The molecular weight excluding hydrogens is 240 g/mol. The van der Waals surface area contributed by atoms with Crippen molar-refractivity contribution >= 4 is 5.91 Å². The zero-order valence-corrected chi connectivity index (χ0v) is 11.0. The number of aryl methyl sites for hydroxylation is 1. The molecule has 1 fully saturated rings. The summed E-state index contributed by atoms with van der Waals surface area (Å²) in [6.07, 6.45) is 5.44. The highest BCUT2D eigenvalue weighted by Crippen LogP contribution is 2.31. The smallest absolute Gasteiger partial charge is 0.234 e. The lowest BCUT2D eigenvalue weighted by molar-refractivity contribution is -0.120. The fraction of sp³-hybridized carbons (Fsp3) is 0.533. The van der Waals surface area contributed by atoms with Crippen molar-refractivity contribution in [1.82, 2.24) is 10.6 Å². The molecule has 1 aromatic rings. The van der Waals surface area contributed by atoms with Gasteiger partial charge in [-0.3, -0.25) is 4.79 Å². The van der Waals surface area contributed by atoms with Gasteiger partial charge in [0, 0.05) is 12.1 Å². The van der Waals surface area contributed by atoms with Gasteiger partial charge in [-0.15, -0.1) is 0 Å². The molecule has 0 aromatic heterocycles. The van der Waals surface area contributed by atoms with Gasteiger partial charge in [0.1, 0.15) is 5.75 Å². The van der Waals surface area contributed by atoms with Crippen LogP contribution >= 0.6 is 0 Å². The van der Waals surface area contributed by atoms with Gasteiger partial charge in [0.05, 0.1) is 6.54 Å². The SMILES string of the molecule is O=C(CNC1CCCc2ccc(O)cc21)NC1CC1. The number of carbonyl (C=O) groups is 1. The summed E-state index contributed by atoms with van der Waals surface area (Å²) in [6.45, 7) is 0.357. The summed E-state index contributed by atoms with van der Waals surface area (Å²) >= 11 is 0. The molecule has 1 aromatic carbocycles. The van der Waals surface area contributed by atoms with Crippen molar-refractivity contribution in [3.8, 4) is 5.75 Å². The molecular formula is C15H20N2O2. The average molecular weight is 260 g/mol. The highest BCUT2D eigenvalue weighted by molar-refractivity contribution is 5.78. The molecule has 2 aliphatic rings. The number of nitrogens with one attached hydrogen (secondary N) is 2. The lowest BCUT2D eigenvalue weighted by Gasteiger charge is -2.26. The van der Waals surface area contributed by atoms with E-state index < -0.39 is 0 Å². The van der Waals surface area contributed by atoms with Crippen LogP contribution in [0.25, 0.3) is 0 Å². The fourth-order valence-electron chi connectivity index (χ4n) is 2.72. The molecule has 2 aliphatic carbocycles. The minimum Gasteiger partial charge on any atom is -0.508 e. The van der Waals surface area contributed by atoms with Crippen LogP contribution in [0.2, 0.25) is 0 Å². The van der Waals surface area contributed by atoms with Gasteiger partial charge in [-0.25, -0.2) is 0 Å². The predicted octanol–water partition coefficient (Wildman–Crippen LogP) is 1.64. The lowest BCUT2D eigenvalue weighted by Crippen LogP contribution is -2.37. The first-order valence-electron chi connectivity index (χ1n) is 7.07. The Labute approximate surface area is 113 Å². The number of hydrogen-bond donors (Lipinski definition) is 3. The zero-order chi connectivity index (χ0) is 13.2. The molecule has 0 spiro atoms. The minimum atomic E-state index is 0.0785. The summed E-state index contributed by atoms with van der Waals surface area (Å²) in [5.74, 6) is 0.379. The second-order valence-corrected chi connectivity index (χ2v) is 5.55. The number of phenolic OH excluding ortho intramolecular Hbond substituents is 1. The molecule has 0 saturated heterocycles. The average Bonchev–Trinajstić information content (AvgIpc) is 3.20. The zero-order valence-electron chi connectivity index (χ0n) is 11.0. The summed E-state index contributed by atoms with van der Waals surface area (Å²) < 4.78 is 0. The molecule has 3 N–H and O–H groups in total. The summed E-state index contributed by atoms with van der Waals surface area (Å²) in [5, 5.41) is 15.9. The second kappa shape index (κ2) is 5.21. The molecule has 3 rings (SSSR count). The predicted molar refractivity (Wildman–Crippen MR) is 73.0 cm³/mol. The van der Waals surface area contributed by atoms with Crippen LogP contribution in [0.3, 0.4) is 0 Å². The molecule has 0 radical (unpaired) electrons. The molecule has 0 aliphatic heterocycles. The van der Waals surface area contributed by atoms with Crippen molar-refractivity contribution in [2.45, 2.75) is 44.2 Å². The summed E-state index contributed by atoms with van der Waals surface area (Å²) in [5.41, 5.74) is 2.43. The van der Waals surface area contributed by atoms with Gasteiger partial charge in [-0.2, -0.15) is 0 Å². The number of carbonyl (C=O) groups excluding carboxylic acids is 1. The van der Waals surface area contributed by atoms with Crippen LogP contribution in [-0.4, -0.2) is 23.6 Å². The Morgan fingerprint density at radius 3 is 2.95 bits per heavy atom. The third-order valence-electron chi connectivity index (χ3n) is 3.90. The van der Waals surface area contributed by atoms with Crippen LogP contribution < -0.4 is 10.6 Å². The topological polar surface area (TPSA) is 61.4 Å². The normalized spacial score (nSPS) is 21.8. The maximum Gasteiger partial charge on any atom is 0.234 e. The first-order valence-corrected chi connectivity index (χ1v) is 7.07. The molecule has 1 unspecified atom stereocenters. The molecule has 1 atom stereocenters. The fourth-order valence-corrected chi connectivity index (χ4v) is 2.72. The van der Waals surface area contributed by atoms with Crippen molar-refractivity contribution in [1.29, 1.82) is 0 Å². The van der Waals surface area contributed by atoms with Gasteiger partial charge in [0.25, 0.3) is 0 Å². The number of phenols is 1. The number of hydrogen-bond acceptors (Lipinski definition) is 3. The van der Waals surface area contributed by atoms with E-state index in [-0.39, 0.29) is 11.9 Å². The molecule has 1 amide bonds. The lowest BCUT2D eigenvalue weighted by atomic mass is 9.87. The molecule has 4 heteroatoms. The van der Waals surface area contributed by atoms with E-state index >= 15 is 0 Å². The van der Waals surface area contributed by atoms with Gasteiger partial charge >= 0.3 is 0 Å². The van der Waals surface area contributed by atoms with E-state index in [0.717, 1.165) is 37.7 Å². The first-order chi connectivity index (χ1) is 9.22. The quantitative estimate of drug-likeness (QED) is 0.771.